The fraction of sp³-hybridized carbons (Fsp3) is 0.188. The lowest BCUT2D eigenvalue weighted by atomic mass is 10.1. The van der Waals surface area contributed by atoms with Crippen LogP contribution in [0.25, 0.3) is 0 Å². The monoisotopic (exact) mass is 287 g/mol. The van der Waals surface area contributed by atoms with Gasteiger partial charge in [0.1, 0.15) is 0 Å². The van der Waals surface area contributed by atoms with E-state index in [1.807, 2.05) is 49.4 Å². The number of aliphatic carboxylic acids is 1. The number of nitrogens with two attached hydrogens (primary N) is 1. The van der Waals surface area contributed by atoms with Crippen LogP contribution >= 0.6 is 11.8 Å². The fourth-order valence-corrected chi connectivity index (χ4v) is 3.08. The first-order chi connectivity index (χ1) is 9.58. The van der Waals surface area contributed by atoms with Crippen molar-refractivity contribution in [2.24, 2.45) is 0 Å². The Hall–Kier alpha value is -1.94. The summed E-state index contributed by atoms with van der Waals surface area (Å²) < 4.78 is 0. The zero-order valence-electron chi connectivity index (χ0n) is 11.3. The van der Waals surface area contributed by atoms with E-state index in [2.05, 4.69) is 0 Å². The van der Waals surface area contributed by atoms with Crippen LogP contribution in [0.2, 0.25) is 0 Å². The highest BCUT2D eigenvalue weighted by molar-refractivity contribution is 7.98. The highest BCUT2D eigenvalue weighted by Crippen LogP contribution is 2.29. The van der Waals surface area contributed by atoms with Gasteiger partial charge >= 0.3 is 5.97 Å². The van der Waals surface area contributed by atoms with E-state index in [-0.39, 0.29) is 6.42 Å². The normalized spacial score (nSPS) is 10.4. The lowest BCUT2D eigenvalue weighted by Crippen LogP contribution is -2.03. The molecule has 0 aliphatic rings. The van der Waals surface area contributed by atoms with Gasteiger partial charge in [-0.15, -0.1) is 11.8 Å². The average Bonchev–Trinajstić information content (AvgIpc) is 2.41. The van der Waals surface area contributed by atoms with Gasteiger partial charge in [0.05, 0.1) is 6.42 Å². The van der Waals surface area contributed by atoms with Gasteiger partial charge in [0.25, 0.3) is 0 Å². The molecule has 3 N–H and O–H groups in total. The number of carboxylic acids is 1. The second-order valence-corrected chi connectivity index (χ2v) is 5.62. The van der Waals surface area contributed by atoms with Crippen molar-refractivity contribution in [3.8, 4) is 0 Å². The molecular weight excluding hydrogens is 270 g/mol. The van der Waals surface area contributed by atoms with Crippen molar-refractivity contribution in [3.05, 3.63) is 59.2 Å². The Kier molecular flexibility index (Phi) is 4.69. The Morgan fingerprint density at radius 2 is 1.85 bits per heavy atom. The number of anilines is 1. The van der Waals surface area contributed by atoms with Crippen LogP contribution in [0.3, 0.4) is 0 Å². The summed E-state index contributed by atoms with van der Waals surface area (Å²) in [4.78, 5) is 12.0. The third-order valence-corrected chi connectivity index (χ3v) is 4.38. The topological polar surface area (TPSA) is 63.3 Å². The lowest BCUT2D eigenvalue weighted by molar-refractivity contribution is -0.136. The quantitative estimate of drug-likeness (QED) is 0.652. The van der Waals surface area contributed by atoms with Gasteiger partial charge < -0.3 is 10.8 Å². The highest BCUT2D eigenvalue weighted by Gasteiger charge is 2.08. The summed E-state index contributed by atoms with van der Waals surface area (Å²) in [5.41, 5.74) is 9.68. The number of benzene rings is 2. The number of hydrogen-bond acceptors (Lipinski definition) is 3. The van der Waals surface area contributed by atoms with E-state index >= 15 is 0 Å². The van der Waals surface area contributed by atoms with Crippen LogP contribution < -0.4 is 5.73 Å². The number of nitrogen functional groups attached to an aromatic ring is 1. The molecule has 0 spiro atoms. The molecule has 0 bridgehead atoms. The van der Waals surface area contributed by atoms with Gasteiger partial charge in [-0.1, -0.05) is 30.3 Å². The van der Waals surface area contributed by atoms with E-state index in [0.717, 1.165) is 33.0 Å². The lowest BCUT2D eigenvalue weighted by Gasteiger charge is -2.10. The summed E-state index contributed by atoms with van der Waals surface area (Å²) in [6, 6.07) is 13.5. The molecule has 0 saturated carbocycles. The Morgan fingerprint density at radius 1 is 1.15 bits per heavy atom. The number of thioether (sulfide) groups is 1. The van der Waals surface area contributed by atoms with Gasteiger partial charge in [-0.3, -0.25) is 4.79 Å². The molecule has 2 aromatic rings. The molecule has 2 aromatic carbocycles. The number of rotatable bonds is 5. The Morgan fingerprint density at radius 3 is 2.55 bits per heavy atom. The minimum Gasteiger partial charge on any atom is -0.481 e. The van der Waals surface area contributed by atoms with Crippen molar-refractivity contribution in [2.75, 3.05) is 5.73 Å². The predicted molar refractivity (Wildman–Crippen MR) is 82.9 cm³/mol. The predicted octanol–water partition coefficient (Wildman–Crippen LogP) is 3.50. The van der Waals surface area contributed by atoms with Crippen molar-refractivity contribution in [1.29, 1.82) is 0 Å². The molecule has 0 aromatic heterocycles. The van der Waals surface area contributed by atoms with Crippen LogP contribution in [0.5, 0.6) is 0 Å². The van der Waals surface area contributed by atoms with Crippen LogP contribution in [0, 0.1) is 6.92 Å². The molecule has 0 aliphatic carbocycles. The molecule has 3 nitrogen and oxygen atoms in total. The summed E-state index contributed by atoms with van der Waals surface area (Å²) in [6.07, 6.45) is 0.0621. The molecule has 0 unspecified atom stereocenters. The van der Waals surface area contributed by atoms with Crippen molar-refractivity contribution >= 4 is 23.4 Å². The highest BCUT2D eigenvalue weighted by atomic mass is 32.2. The molecule has 0 heterocycles. The molecule has 2 rings (SSSR count). The summed E-state index contributed by atoms with van der Waals surface area (Å²) in [5.74, 6) is -0.0594. The van der Waals surface area contributed by atoms with Gasteiger partial charge in [-0.05, 0) is 35.7 Å². The Bertz CT molecular complexity index is 626. The van der Waals surface area contributed by atoms with Crippen LogP contribution in [0.15, 0.2) is 47.4 Å². The van der Waals surface area contributed by atoms with E-state index in [9.17, 15) is 4.79 Å². The van der Waals surface area contributed by atoms with Gasteiger partial charge in [0.15, 0.2) is 0 Å². The van der Waals surface area contributed by atoms with Gasteiger partial charge in [-0.25, -0.2) is 0 Å². The molecule has 0 aliphatic heterocycles. The first-order valence-electron chi connectivity index (χ1n) is 6.34. The zero-order chi connectivity index (χ0) is 14.5. The van der Waals surface area contributed by atoms with Gasteiger partial charge in [0, 0.05) is 16.3 Å². The third-order valence-electron chi connectivity index (χ3n) is 3.17. The third kappa shape index (κ3) is 3.54. The first-order valence-corrected chi connectivity index (χ1v) is 7.33. The van der Waals surface area contributed by atoms with Gasteiger partial charge in [-0.2, -0.15) is 0 Å². The second kappa shape index (κ2) is 6.48. The standard InChI is InChI=1S/C16H17NO2S/c1-11-14(17)7-4-8-15(11)20-10-13-6-3-2-5-12(13)9-16(18)19/h2-8H,9-10,17H2,1H3,(H,18,19). The maximum Gasteiger partial charge on any atom is 0.307 e. The summed E-state index contributed by atoms with van der Waals surface area (Å²) in [5, 5.41) is 8.93. The van der Waals surface area contributed by atoms with Crippen LogP contribution in [0.1, 0.15) is 16.7 Å². The van der Waals surface area contributed by atoms with E-state index in [1.165, 1.54) is 0 Å². The van der Waals surface area contributed by atoms with E-state index < -0.39 is 5.97 Å². The molecule has 0 saturated heterocycles. The maximum atomic E-state index is 10.9. The van der Waals surface area contributed by atoms with Crippen molar-refractivity contribution in [3.63, 3.8) is 0 Å². The number of carboxylic acid groups (broad SMARTS) is 1. The molecule has 0 atom stereocenters. The average molecular weight is 287 g/mol. The minimum atomic E-state index is -0.803. The zero-order valence-corrected chi connectivity index (χ0v) is 12.1. The van der Waals surface area contributed by atoms with E-state index in [1.54, 1.807) is 11.8 Å². The molecule has 0 fully saturated rings. The molecule has 0 radical (unpaired) electrons. The van der Waals surface area contributed by atoms with E-state index in [0.29, 0.717) is 0 Å². The fourth-order valence-electron chi connectivity index (χ4n) is 1.98. The minimum absolute atomic E-state index is 0.0621. The second-order valence-electron chi connectivity index (χ2n) is 4.60. The van der Waals surface area contributed by atoms with Crippen LogP contribution in [-0.4, -0.2) is 11.1 Å². The number of carbonyl (C=O) groups is 1. The molecule has 20 heavy (non-hydrogen) atoms. The number of hydrogen-bond donors (Lipinski definition) is 2. The molecule has 0 amide bonds. The first kappa shape index (κ1) is 14.5. The van der Waals surface area contributed by atoms with Crippen molar-refractivity contribution in [2.45, 2.75) is 24.0 Å². The SMILES string of the molecule is Cc1c(N)cccc1SCc1ccccc1CC(=O)O. The summed E-state index contributed by atoms with van der Waals surface area (Å²) in [7, 11) is 0. The Labute approximate surface area is 122 Å². The van der Waals surface area contributed by atoms with E-state index in [4.69, 9.17) is 10.8 Å². The van der Waals surface area contributed by atoms with Crippen molar-refractivity contribution in [1.82, 2.24) is 0 Å². The van der Waals surface area contributed by atoms with Crippen LogP contribution in [-0.2, 0) is 17.0 Å². The Balaban J connectivity index is 2.15. The molecule has 4 heteroatoms. The largest absolute Gasteiger partial charge is 0.481 e. The van der Waals surface area contributed by atoms with Crippen molar-refractivity contribution < 1.29 is 9.90 Å². The van der Waals surface area contributed by atoms with Crippen LogP contribution in [0.4, 0.5) is 5.69 Å². The molecular formula is C16H17NO2S. The molecule has 104 valence electrons. The summed E-state index contributed by atoms with van der Waals surface area (Å²) in [6.45, 7) is 2.00. The smallest absolute Gasteiger partial charge is 0.307 e. The summed E-state index contributed by atoms with van der Waals surface area (Å²) >= 11 is 1.68. The van der Waals surface area contributed by atoms with Gasteiger partial charge in [0.2, 0.25) is 0 Å². The maximum absolute atomic E-state index is 10.9.